The van der Waals surface area contributed by atoms with Crippen LogP contribution in [0.15, 0.2) is 42.5 Å². The minimum Gasteiger partial charge on any atom is -0.478 e. The Kier molecular flexibility index (Phi) is 12.2. The van der Waals surface area contributed by atoms with Crippen molar-refractivity contribution < 1.29 is 43.7 Å². The maximum absolute atomic E-state index is 12.8. The second-order valence-electron chi connectivity index (χ2n) is 7.62. The van der Waals surface area contributed by atoms with E-state index in [1.165, 1.54) is 14.2 Å². The highest BCUT2D eigenvalue weighted by Gasteiger charge is 2.49. The molecule has 192 valence electrons. The summed E-state index contributed by atoms with van der Waals surface area (Å²) in [4.78, 5) is 59.9. The number of amides is 1. The fourth-order valence-corrected chi connectivity index (χ4v) is 3.71. The number of piperidine rings is 1. The first-order chi connectivity index (χ1) is 16.6. The van der Waals surface area contributed by atoms with Crippen LogP contribution in [-0.4, -0.2) is 84.3 Å². The number of nitrogens with zero attached hydrogens (tertiary/aromatic N) is 2. The van der Waals surface area contributed by atoms with Crippen LogP contribution in [0.1, 0.15) is 32.6 Å². The zero-order chi connectivity index (χ0) is 26.4. The van der Waals surface area contributed by atoms with Crippen LogP contribution >= 0.6 is 0 Å². The van der Waals surface area contributed by atoms with E-state index in [0.29, 0.717) is 63.2 Å². The quantitative estimate of drug-likeness (QED) is 0.385. The Morgan fingerprint density at radius 1 is 0.971 bits per heavy atom. The summed E-state index contributed by atoms with van der Waals surface area (Å²) < 4.78 is 9.80. The molecule has 1 fully saturated rings. The third-order valence-corrected chi connectivity index (χ3v) is 5.47. The number of benzene rings is 1. The van der Waals surface area contributed by atoms with Gasteiger partial charge in [-0.25, -0.2) is 14.4 Å². The smallest absolute Gasteiger partial charge is 0.332 e. The lowest BCUT2D eigenvalue weighted by Crippen LogP contribution is -2.62. The summed E-state index contributed by atoms with van der Waals surface area (Å²) in [6, 6.07) is 9.24. The first-order valence-corrected chi connectivity index (χ1v) is 11.0. The Hall–Kier alpha value is -3.73. The predicted molar refractivity (Wildman–Crippen MR) is 126 cm³/mol. The number of carbonyl (C=O) groups is 5. The fraction of sp³-hybridized carbons (Fsp3) is 0.458. The number of likely N-dealkylation sites (tertiary alicyclic amines) is 1. The molecule has 11 nitrogen and oxygen atoms in total. The van der Waals surface area contributed by atoms with E-state index in [2.05, 4.69) is 9.64 Å². The maximum Gasteiger partial charge on any atom is 0.332 e. The monoisotopic (exact) mass is 492 g/mol. The van der Waals surface area contributed by atoms with Crippen LogP contribution in [0, 0.1) is 0 Å². The van der Waals surface area contributed by atoms with Gasteiger partial charge in [-0.2, -0.15) is 0 Å². The summed E-state index contributed by atoms with van der Waals surface area (Å²) in [5.74, 6) is -3.29. The van der Waals surface area contributed by atoms with Crippen molar-refractivity contribution in [3.05, 3.63) is 42.5 Å². The van der Waals surface area contributed by atoms with E-state index in [1.54, 1.807) is 11.8 Å². The van der Waals surface area contributed by atoms with Crippen molar-refractivity contribution in [2.45, 2.75) is 38.1 Å². The normalized spacial score (nSPS) is 14.8. The number of carbonyl (C=O) groups excluding carboxylic acids is 3. The Balaban J connectivity index is 0.000000658. The van der Waals surface area contributed by atoms with Crippen molar-refractivity contribution >= 4 is 35.5 Å². The highest BCUT2D eigenvalue weighted by Crippen LogP contribution is 2.35. The number of anilines is 1. The molecule has 0 spiro atoms. The Morgan fingerprint density at radius 3 is 1.94 bits per heavy atom. The van der Waals surface area contributed by atoms with Gasteiger partial charge in [-0.05, 0) is 25.0 Å². The molecule has 1 amide bonds. The number of carboxylic acids is 2. The van der Waals surface area contributed by atoms with Gasteiger partial charge in [-0.3, -0.25) is 14.5 Å². The molecule has 0 radical (unpaired) electrons. The van der Waals surface area contributed by atoms with Crippen LogP contribution in [0.25, 0.3) is 0 Å². The van der Waals surface area contributed by atoms with E-state index >= 15 is 0 Å². The van der Waals surface area contributed by atoms with E-state index in [9.17, 15) is 24.0 Å². The number of ether oxygens (including phenoxy) is 2. The molecule has 1 aromatic carbocycles. The Morgan fingerprint density at radius 2 is 1.51 bits per heavy atom. The van der Waals surface area contributed by atoms with Crippen molar-refractivity contribution in [3.63, 3.8) is 0 Å². The van der Waals surface area contributed by atoms with Gasteiger partial charge in [0, 0.05) is 43.9 Å². The van der Waals surface area contributed by atoms with Gasteiger partial charge in [-0.15, -0.1) is 0 Å². The summed E-state index contributed by atoms with van der Waals surface area (Å²) in [6.45, 7) is 3.53. The summed E-state index contributed by atoms with van der Waals surface area (Å²) in [6.07, 6.45) is 2.60. The Labute approximate surface area is 203 Å². The van der Waals surface area contributed by atoms with Crippen LogP contribution in [0.4, 0.5) is 5.69 Å². The molecule has 1 aromatic rings. The van der Waals surface area contributed by atoms with Gasteiger partial charge in [0.15, 0.2) is 0 Å². The van der Waals surface area contributed by atoms with Gasteiger partial charge >= 0.3 is 23.9 Å². The van der Waals surface area contributed by atoms with Crippen LogP contribution in [-0.2, 0) is 33.4 Å². The van der Waals surface area contributed by atoms with E-state index in [4.69, 9.17) is 14.9 Å². The number of hydrogen-bond donors (Lipinski definition) is 2. The molecule has 0 bridgehead atoms. The fourth-order valence-electron chi connectivity index (χ4n) is 3.71. The van der Waals surface area contributed by atoms with Crippen molar-refractivity contribution in [1.29, 1.82) is 0 Å². The molecule has 2 rings (SSSR count). The molecule has 0 saturated carbocycles. The van der Waals surface area contributed by atoms with Gasteiger partial charge < -0.3 is 24.6 Å². The lowest BCUT2D eigenvalue weighted by atomic mass is 9.84. The molecule has 0 aromatic heterocycles. The third-order valence-electron chi connectivity index (χ3n) is 5.47. The molecule has 0 unspecified atom stereocenters. The summed E-state index contributed by atoms with van der Waals surface area (Å²) >= 11 is 0. The number of para-hydroxylation sites is 1. The average Bonchev–Trinajstić information content (AvgIpc) is 2.87. The van der Waals surface area contributed by atoms with Gasteiger partial charge in [-0.1, -0.05) is 25.1 Å². The minimum atomic E-state index is -1.26. The van der Waals surface area contributed by atoms with Crippen LogP contribution in [0.2, 0.25) is 0 Å². The number of hydrogen-bond acceptors (Lipinski definition) is 8. The second-order valence-corrected chi connectivity index (χ2v) is 7.62. The minimum absolute atomic E-state index is 0.116. The molecule has 1 saturated heterocycles. The largest absolute Gasteiger partial charge is 0.478 e. The highest BCUT2D eigenvalue weighted by molar-refractivity contribution is 6.02. The van der Waals surface area contributed by atoms with E-state index in [1.807, 2.05) is 30.3 Å². The molecule has 1 aliphatic heterocycles. The zero-order valence-corrected chi connectivity index (χ0v) is 20.1. The number of methoxy groups -OCH3 is 2. The van der Waals surface area contributed by atoms with Crippen molar-refractivity contribution in [3.8, 4) is 0 Å². The van der Waals surface area contributed by atoms with Crippen molar-refractivity contribution in [1.82, 2.24) is 4.90 Å². The van der Waals surface area contributed by atoms with Gasteiger partial charge in [0.05, 0.1) is 20.6 Å². The number of aliphatic carboxylic acids is 2. The molecule has 0 aliphatic carbocycles. The predicted octanol–water partition coefficient (Wildman–Crippen LogP) is 1.71. The molecule has 11 heteroatoms. The Bertz CT molecular complexity index is 891. The van der Waals surface area contributed by atoms with E-state index in [0.717, 1.165) is 0 Å². The topological polar surface area (TPSA) is 151 Å². The molecule has 1 aliphatic rings. The van der Waals surface area contributed by atoms with Crippen LogP contribution < -0.4 is 4.90 Å². The van der Waals surface area contributed by atoms with Gasteiger partial charge in [0.2, 0.25) is 5.91 Å². The first-order valence-electron chi connectivity index (χ1n) is 11.0. The number of carboxylic acid groups (broad SMARTS) is 2. The molecular weight excluding hydrogens is 460 g/mol. The van der Waals surface area contributed by atoms with Crippen molar-refractivity contribution in [2.75, 3.05) is 38.8 Å². The lowest BCUT2D eigenvalue weighted by Gasteiger charge is -2.46. The van der Waals surface area contributed by atoms with E-state index < -0.39 is 23.4 Å². The third kappa shape index (κ3) is 8.85. The molecule has 2 N–H and O–H groups in total. The second kappa shape index (κ2) is 14.5. The SMILES string of the molecule is CCC(=O)N(c1ccccc1)C1(C(=O)OC)CCN(CCC(=O)OC)CC1.O=C(O)/C=C/C(=O)O. The van der Waals surface area contributed by atoms with Crippen molar-refractivity contribution in [2.24, 2.45) is 0 Å². The summed E-state index contributed by atoms with van der Waals surface area (Å²) in [7, 11) is 2.72. The van der Waals surface area contributed by atoms with Gasteiger partial charge in [0.1, 0.15) is 5.54 Å². The molecule has 1 heterocycles. The first kappa shape index (κ1) is 29.3. The molecule has 0 atom stereocenters. The standard InChI is InChI=1S/C20H28N2O5.C4H4O4/c1-4-17(23)22(16-8-6-5-7-9-16)20(19(25)27-3)11-14-21(15-12-20)13-10-18(24)26-2;5-3(6)1-2-4(7)8/h5-9H,4,10-15H2,1-3H3;1-2H,(H,5,6)(H,7,8)/b;2-1+. The van der Waals surface area contributed by atoms with E-state index in [-0.39, 0.29) is 11.9 Å². The zero-order valence-electron chi connectivity index (χ0n) is 20.1. The maximum atomic E-state index is 12.8. The van der Waals surface area contributed by atoms with Gasteiger partial charge in [0.25, 0.3) is 0 Å². The molecular formula is C24H32N2O9. The average molecular weight is 493 g/mol. The molecule has 35 heavy (non-hydrogen) atoms. The summed E-state index contributed by atoms with van der Waals surface area (Å²) in [5, 5.41) is 15.6. The number of rotatable bonds is 9. The summed E-state index contributed by atoms with van der Waals surface area (Å²) in [5.41, 5.74) is -0.344. The number of esters is 2. The van der Waals surface area contributed by atoms with Crippen LogP contribution in [0.3, 0.4) is 0 Å². The lowest BCUT2D eigenvalue weighted by molar-refractivity contribution is -0.151. The highest BCUT2D eigenvalue weighted by atomic mass is 16.5. The van der Waals surface area contributed by atoms with Crippen LogP contribution in [0.5, 0.6) is 0 Å².